The minimum absolute atomic E-state index is 0.000108. The maximum atomic E-state index is 13.7. The van der Waals surface area contributed by atoms with Gasteiger partial charge >= 0.3 is 12.1 Å². The lowest BCUT2D eigenvalue weighted by molar-refractivity contribution is 0.113. The van der Waals surface area contributed by atoms with Crippen molar-refractivity contribution in [3.8, 4) is 0 Å². The Morgan fingerprint density at radius 2 is 1.93 bits per heavy atom. The number of urea groups is 1. The first-order valence-electron chi connectivity index (χ1n) is 12.9. The fourth-order valence-electron chi connectivity index (χ4n) is 3.93. The molecule has 3 aromatic rings. The molecule has 10 nitrogen and oxygen atoms in total. The van der Waals surface area contributed by atoms with Crippen molar-refractivity contribution < 1.29 is 31.5 Å². The van der Waals surface area contributed by atoms with E-state index in [0.717, 1.165) is 0 Å². The summed E-state index contributed by atoms with van der Waals surface area (Å²) in [5, 5.41) is 6.26. The number of amides is 3. The van der Waals surface area contributed by atoms with Gasteiger partial charge in [-0.3, -0.25) is 5.32 Å². The van der Waals surface area contributed by atoms with Crippen LogP contribution in [0.2, 0.25) is 5.02 Å². The van der Waals surface area contributed by atoms with E-state index in [2.05, 4.69) is 20.3 Å². The van der Waals surface area contributed by atoms with Crippen molar-refractivity contribution in [2.75, 3.05) is 31.3 Å². The van der Waals surface area contributed by atoms with Gasteiger partial charge in [-0.2, -0.15) is 0 Å². The lowest BCUT2D eigenvalue weighted by atomic mass is 10.1. The number of nitrogens with zero attached hydrogens (tertiary/aromatic N) is 2. The van der Waals surface area contributed by atoms with Gasteiger partial charge in [-0.15, -0.1) is 0 Å². The summed E-state index contributed by atoms with van der Waals surface area (Å²) in [7, 11) is -1.91. The first-order valence-corrected chi connectivity index (χ1v) is 14.9. The van der Waals surface area contributed by atoms with Gasteiger partial charge in [0.2, 0.25) is 10.0 Å². The number of ether oxygens (including phenoxy) is 1. The van der Waals surface area contributed by atoms with E-state index in [1.807, 2.05) is 0 Å². The number of halogens is 3. The molecule has 41 heavy (non-hydrogen) atoms. The highest BCUT2D eigenvalue weighted by atomic mass is 35.5. The second kappa shape index (κ2) is 14.9. The Bertz CT molecular complexity index is 1480. The summed E-state index contributed by atoms with van der Waals surface area (Å²) >= 11 is 5.97. The zero-order valence-corrected chi connectivity index (χ0v) is 24.2. The van der Waals surface area contributed by atoms with E-state index in [-0.39, 0.29) is 36.3 Å². The summed E-state index contributed by atoms with van der Waals surface area (Å²) in [6.07, 6.45) is 1.75. The van der Waals surface area contributed by atoms with Crippen molar-refractivity contribution in [2.24, 2.45) is 0 Å². The molecule has 0 aliphatic heterocycles. The molecule has 0 unspecified atom stereocenters. The Balaban J connectivity index is 1.62. The molecule has 3 amide bonds. The number of carbonyl (C=O) groups excluding carboxylic acids is 2. The van der Waals surface area contributed by atoms with Crippen LogP contribution in [0, 0.1) is 11.6 Å². The molecular formula is C27H32ClF2N5O5S. The van der Waals surface area contributed by atoms with Crippen molar-refractivity contribution >= 4 is 50.3 Å². The number of nitrogens with one attached hydrogen (secondary N) is 3. The van der Waals surface area contributed by atoms with Crippen molar-refractivity contribution in [3.63, 3.8) is 0 Å². The predicted octanol–water partition coefficient (Wildman–Crippen LogP) is 5.03. The van der Waals surface area contributed by atoms with Gasteiger partial charge in [0.25, 0.3) is 0 Å². The fraction of sp³-hybridized carbons (Fsp3) is 0.370. The van der Waals surface area contributed by atoms with Crippen LogP contribution in [-0.4, -0.2) is 62.4 Å². The molecule has 1 atom stereocenters. The number of pyridine rings is 1. The van der Waals surface area contributed by atoms with Crippen LogP contribution in [0.3, 0.4) is 0 Å². The van der Waals surface area contributed by atoms with Gasteiger partial charge in [-0.1, -0.05) is 30.7 Å². The minimum atomic E-state index is -3.40. The summed E-state index contributed by atoms with van der Waals surface area (Å²) in [5.74, 6) is -0.896. The standard InChI is InChI=1S/C27H32ClF2N5O5S/c1-3-12-41(38,39)33-11-5-7-22(35(2)26(36)32-16-19-6-4-8-23(30)25(19)28)17-40-27(37)34-24-14-20-13-21(29)10-9-18(20)15-31-24/h4,6,8-10,13-15,22,33H,3,5,7,11-12,16-17H2,1-2H3,(H,32,36)(H,31,34,37)/t22-/m0/s1. The largest absolute Gasteiger partial charge is 0.447 e. The maximum Gasteiger partial charge on any atom is 0.412 e. The van der Waals surface area contributed by atoms with E-state index in [0.29, 0.717) is 35.6 Å². The second-order valence-corrected chi connectivity index (χ2v) is 11.6. The molecule has 0 bridgehead atoms. The Morgan fingerprint density at radius 3 is 2.68 bits per heavy atom. The Morgan fingerprint density at radius 1 is 1.15 bits per heavy atom. The minimum Gasteiger partial charge on any atom is -0.447 e. The molecule has 0 aliphatic carbocycles. The smallest absolute Gasteiger partial charge is 0.412 e. The van der Waals surface area contributed by atoms with Crippen LogP contribution < -0.4 is 15.4 Å². The predicted molar refractivity (Wildman–Crippen MR) is 153 cm³/mol. The first-order chi connectivity index (χ1) is 19.5. The number of anilines is 1. The van der Waals surface area contributed by atoms with Crippen LogP contribution >= 0.6 is 11.6 Å². The van der Waals surface area contributed by atoms with Crippen LogP contribution in [0.1, 0.15) is 31.7 Å². The average molecular weight is 612 g/mol. The van der Waals surface area contributed by atoms with Crippen molar-refractivity contribution in [1.82, 2.24) is 19.9 Å². The highest BCUT2D eigenvalue weighted by Gasteiger charge is 2.22. The molecule has 14 heteroatoms. The molecule has 2 aromatic carbocycles. The molecule has 0 radical (unpaired) electrons. The van der Waals surface area contributed by atoms with Crippen molar-refractivity contribution in [1.29, 1.82) is 0 Å². The molecule has 1 aromatic heterocycles. The van der Waals surface area contributed by atoms with Crippen molar-refractivity contribution in [2.45, 2.75) is 38.8 Å². The lowest BCUT2D eigenvalue weighted by Crippen LogP contribution is -2.46. The molecule has 0 aliphatic rings. The van der Waals surface area contributed by atoms with Crippen LogP contribution in [0.5, 0.6) is 0 Å². The molecule has 3 N–H and O–H groups in total. The Labute approximate surface area is 242 Å². The van der Waals surface area contributed by atoms with E-state index in [1.54, 1.807) is 19.1 Å². The van der Waals surface area contributed by atoms with Gasteiger partial charge in [0.1, 0.15) is 24.1 Å². The Hall–Kier alpha value is -3.55. The fourth-order valence-corrected chi connectivity index (χ4v) is 5.26. The molecule has 0 saturated carbocycles. The number of benzene rings is 2. The quantitative estimate of drug-likeness (QED) is 0.232. The summed E-state index contributed by atoms with van der Waals surface area (Å²) in [4.78, 5) is 30.8. The topological polar surface area (TPSA) is 130 Å². The molecular weight excluding hydrogens is 580 g/mol. The summed E-state index contributed by atoms with van der Waals surface area (Å²) in [5.41, 5.74) is 0.383. The molecule has 3 rings (SSSR count). The van der Waals surface area contributed by atoms with Crippen LogP contribution in [0.25, 0.3) is 10.8 Å². The zero-order chi connectivity index (χ0) is 30.0. The van der Waals surface area contributed by atoms with Gasteiger partial charge in [-0.05, 0) is 60.5 Å². The van der Waals surface area contributed by atoms with E-state index < -0.39 is 39.8 Å². The number of rotatable bonds is 13. The number of sulfonamides is 1. The SMILES string of the molecule is CCCS(=O)(=O)NCCC[C@@H](COC(=O)Nc1cc2cc(F)ccc2cn1)N(C)C(=O)NCc1cccc(F)c1Cl. The number of fused-ring (bicyclic) bond motifs is 1. The molecule has 1 heterocycles. The van der Waals surface area contributed by atoms with Crippen LogP contribution in [0.15, 0.2) is 48.7 Å². The number of carbonyl (C=O) groups is 2. The van der Waals surface area contributed by atoms with Gasteiger partial charge in [0, 0.05) is 31.7 Å². The number of hydrogen-bond donors (Lipinski definition) is 3. The van der Waals surface area contributed by atoms with Crippen LogP contribution in [0.4, 0.5) is 24.2 Å². The molecule has 0 spiro atoms. The number of aromatic nitrogens is 1. The van der Waals surface area contributed by atoms with Gasteiger partial charge < -0.3 is 15.0 Å². The number of hydrogen-bond acceptors (Lipinski definition) is 6. The summed E-state index contributed by atoms with van der Waals surface area (Å²) < 4.78 is 59.1. The summed E-state index contributed by atoms with van der Waals surface area (Å²) in [6.45, 7) is 1.63. The van der Waals surface area contributed by atoms with Crippen LogP contribution in [-0.2, 0) is 21.3 Å². The third-order valence-electron chi connectivity index (χ3n) is 6.16. The van der Waals surface area contributed by atoms with E-state index in [9.17, 15) is 26.8 Å². The summed E-state index contributed by atoms with van der Waals surface area (Å²) in [6, 6.07) is 8.76. The third-order valence-corrected chi connectivity index (χ3v) is 8.17. The van der Waals surface area contributed by atoms with Gasteiger partial charge in [-0.25, -0.2) is 36.5 Å². The van der Waals surface area contributed by atoms with Crippen molar-refractivity contribution in [3.05, 3.63) is 70.9 Å². The molecule has 222 valence electrons. The monoisotopic (exact) mass is 611 g/mol. The van der Waals surface area contributed by atoms with Gasteiger partial charge in [0.05, 0.1) is 16.8 Å². The maximum absolute atomic E-state index is 13.7. The van der Waals surface area contributed by atoms with E-state index in [4.69, 9.17) is 16.3 Å². The molecule has 0 fully saturated rings. The third kappa shape index (κ3) is 9.80. The molecule has 0 saturated heterocycles. The second-order valence-electron chi connectivity index (χ2n) is 9.28. The highest BCUT2D eigenvalue weighted by Crippen LogP contribution is 2.20. The first kappa shape index (κ1) is 32.0. The number of likely N-dealkylation sites (N-methyl/N-ethyl adjacent to an activating group) is 1. The highest BCUT2D eigenvalue weighted by molar-refractivity contribution is 7.89. The Kier molecular flexibility index (Phi) is 11.6. The van der Waals surface area contributed by atoms with E-state index in [1.165, 1.54) is 48.5 Å². The van der Waals surface area contributed by atoms with E-state index >= 15 is 0 Å². The zero-order valence-electron chi connectivity index (χ0n) is 22.6. The van der Waals surface area contributed by atoms with Gasteiger partial charge in [0.15, 0.2) is 0 Å². The lowest BCUT2D eigenvalue weighted by Gasteiger charge is -2.28. The average Bonchev–Trinajstić information content (AvgIpc) is 2.92. The normalized spacial score (nSPS) is 12.1.